The zero-order chi connectivity index (χ0) is 22.5. The van der Waals surface area contributed by atoms with Gasteiger partial charge >= 0.3 is 0 Å². The summed E-state index contributed by atoms with van der Waals surface area (Å²) in [5, 5.41) is 2.61. The Bertz CT molecular complexity index is 932. The van der Waals surface area contributed by atoms with Crippen LogP contribution in [0, 0.1) is 0 Å². The molecule has 0 bridgehead atoms. The first-order valence-corrected chi connectivity index (χ1v) is 11.0. The van der Waals surface area contributed by atoms with Crippen molar-refractivity contribution in [3.8, 4) is 17.2 Å². The van der Waals surface area contributed by atoms with Crippen molar-refractivity contribution in [2.75, 3.05) is 27.1 Å². The SMILES string of the molecule is COc1ccc(C(=O)N2C(C(=O)NC(C)C)CSC2c2ccc(OC)c(OC)c2)cc1. The van der Waals surface area contributed by atoms with Gasteiger partial charge in [0, 0.05) is 17.4 Å². The van der Waals surface area contributed by atoms with Gasteiger partial charge in [-0.05, 0) is 55.8 Å². The van der Waals surface area contributed by atoms with E-state index in [1.54, 1.807) is 62.3 Å². The molecule has 31 heavy (non-hydrogen) atoms. The van der Waals surface area contributed by atoms with Crippen molar-refractivity contribution in [1.29, 1.82) is 0 Å². The normalized spacial score (nSPS) is 18.1. The van der Waals surface area contributed by atoms with Crippen LogP contribution in [-0.4, -0.2) is 55.9 Å². The number of hydrogen-bond donors (Lipinski definition) is 1. The van der Waals surface area contributed by atoms with Gasteiger partial charge in [-0.3, -0.25) is 9.59 Å². The standard InChI is InChI=1S/C23H28N2O5S/c1-14(2)24-21(26)18-13-31-23(16-8-11-19(29-4)20(12-16)30-5)25(18)22(27)15-6-9-17(28-3)10-7-15/h6-12,14,18,23H,13H2,1-5H3,(H,24,26). The van der Waals surface area contributed by atoms with E-state index in [1.807, 2.05) is 32.0 Å². The molecule has 2 aromatic carbocycles. The Morgan fingerprint density at radius 2 is 1.68 bits per heavy atom. The van der Waals surface area contributed by atoms with Crippen molar-refractivity contribution in [1.82, 2.24) is 10.2 Å². The van der Waals surface area contributed by atoms with Gasteiger partial charge in [0.2, 0.25) is 5.91 Å². The molecule has 1 aliphatic rings. The van der Waals surface area contributed by atoms with Gasteiger partial charge in [-0.25, -0.2) is 0 Å². The summed E-state index contributed by atoms with van der Waals surface area (Å²) in [5.41, 5.74) is 1.36. The van der Waals surface area contributed by atoms with Gasteiger partial charge in [-0.2, -0.15) is 0 Å². The van der Waals surface area contributed by atoms with Crippen LogP contribution in [0.4, 0.5) is 0 Å². The van der Waals surface area contributed by atoms with E-state index in [1.165, 1.54) is 0 Å². The maximum absolute atomic E-state index is 13.5. The second-order valence-corrected chi connectivity index (χ2v) is 8.53. The predicted octanol–water partition coefficient (Wildman–Crippen LogP) is 3.49. The molecule has 0 saturated carbocycles. The monoisotopic (exact) mass is 444 g/mol. The lowest BCUT2D eigenvalue weighted by Crippen LogP contribution is -2.49. The maximum Gasteiger partial charge on any atom is 0.255 e. The minimum absolute atomic E-state index is 0.0180. The molecular formula is C23H28N2O5S. The molecule has 2 atom stereocenters. The second kappa shape index (κ2) is 9.96. The number of ether oxygens (including phenoxy) is 3. The van der Waals surface area contributed by atoms with Gasteiger partial charge in [-0.1, -0.05) is 6.07 Å². The van der Waals surface area contributed by atoms with E-state index in [4.69, 9.17) is 14.2 Å². The summed E-state index contributed by atoms with van der Waals surface area (Å²) in [6, 6.07) is 11.9. The number of hydrogen-bond acceptors (Lipinski definition) is 6. The Kier molecular flexibility index (Phi) is 7.33. The molecule has 2 unspecified atom stereocenters. The molecule has 1 aliphatic heterocycles. The Labute approximate surface area is 187 Å². The van der Waals surface area contributed by atoms with Gasteiger partial charge in [-0.15, -0.1) is 11.8 Å². The van der Waals surface area contributed by atoms with Crippen molar-refractivity contribution in [2.45, 2.75) is 31.3 Å². The minimum atomic E-state index is -0.583. The van der Waals surface area contributed by atoms with Crippen LogP contribution in [0.2, 0.25) is 0 Å². The number of carbonyl (C=O) groups excluding carboxylic acids is 2. The Morgan fingerprint density at radius 3 is 2.26 bits per heavy atom. The molecule has 3 rings (SSSR count). The molecule has 2 aromatic rings. The summed E-state index contributed by atoms with van der Waals surface area (Å²) < 4.78 is 16.0. The third kappa shape index (κ3) is 4.90. The number of rotatable bonds is 7. The van der Waals surface area contributed by atoms with Crippen molar-refractivity contribution in [3.05, 3.63) is 53.6 Å². The van der Waals surface area contributed by atoms with Crippen LogP contribution in [0.15, 0.2) is 42.5 Å². The third-order valence-corrected chi connectivity index (χ3v) is 6.32. The van der Waals surface area contributed by atoms with E-state index < -0.39 is 6.04 Å². The summed E-state index contributed by atoms with van der Waals surface area (Å²) in [4.78, 5) is 28.1. The fourth-order valence-corrected chi connectivity index (χ4v) is 4.90. The van der Waals surface area contributed by atoms with Crippen LogP contribution >= 0.6 is 11.8 Å². The van der Waals surface area contributed by atoms with Gasteiger partial charge in [0.15, 0.2) is 11.5 Å². The van der Waals surface area contributed by atoms with Crippen molar-refractivity contribution in [2.24, 2.45) is 0 Å². The van der Waals surface area contributed by atoms with Gasteiger partial charge in [0.1, 0.15) is 17.2 Å². The average molecular weight is 445 g/mol. The highest BCUT2D eigenvalue weighted by atomic mass is 32.2. The zero-order valence-electron chi connectivity index (χ0n) is 18.4. The number of thioether (sulfide) groups is 1. The first-order chi connectivity index (χ1) is 14.9. The largest absolute Gasteiger partial charge is 0.497 e. The molecular weight excluding hydrogens is 416 g/mol. The highest BCUT2D eigenvalue weighted by Crippen LogP contribution is 2.44. The number of methoxy groups -OCH3 is 3. The molecule has 0 spiro atoms. The highest BCUT2D eigenvalue weighted by Gasteiger charge is 2.43. The number of amides is 2. The molecule has 1 fully saturated rings. The molecule has 1 saturated heterocycles. The van der Waals surface area contributed by atoms with Crippen LogP contribution in [0.3, 0.4) is 0 Å². The van der Waals surface area contributed by atoms with E-state index in [-0.39, 0.29) is 23.2 Å². The fourth-order valence-electron chi connectivity index (χ4n) is 3.48. The average Bonchev–Trinajstić information content (AvgIpc) is 3.23. The van der Waals surface area contributed by atoms with E-state index in [0.717, 1.165) is 5.56 Å². The molecule has 0 aromatic heterocycles. The second-order valence-electron chi connectivity index (χ2n) is 7.42. The van der Waals surface area contributed by atoms with Gasteiger partial charge in [0.05, 0.1) is 21.3 Å². The van der Waals surface area contributed by atoms with E-state index in [9.17, 15) is 9.59 Å². The molecule has 2 amide bonds. The van der Waals surface area contributed by atoms with Crippen LogP contribution in [0.5, 0.6) is 17.2 Å². The predicted molar refractivity (Wildman–Crippen MR) is 121 cm³/mol. The topological polar surface area (TPSA) is 77.1 Å². The molecule has 8 heteroatoms. The highest BCUT2D eigenvalue weighted by molar-refractivity contribution is 7.99. The van der Waals surface area contributed by atoms with Gasteiger partial charge < -0.3 is 24.4 Å². The van der Waals surface area contributed by atoms with Crippen LogP contribution < -0.4 is 19.5 Å². The maximum atomic E-state index is 13.5. The summed E-state index contributed by atoms with van der Waals surface area (Å²) in [5.74, 6) is 1.98. The zero-order valence-corrected chi connectivity index (χ0v) is 19.2. The molecule has 166 valence electrons. The fraction of sp³-hybridized carbons (Fsp3) is 0.391. The van der Waals surface area contributed by atoms with Crippen LogP contribution in [0.25, 0.3) is 0 Å². The molecule has 0 aliphatic carbocycles. The molecule has 1 heterocycles. The lowest BCUT2D eigenvalue weighted by molar-refractivity contribution is -0.125. The minimum Gasteiger partial charge on any atom is -0.497 e. The Morgan fingerprint density at radius 1 is 1.00 bits per heavy atom. The number of nitrogens with zero attached hydrogens (tertiary/aromatic N) is 1. The van der Waals surface area contributed by atoms with E-state index in [0.29, 0.717) is 28.6 Å². The molecule has 1 N–H and O–H groups in total. The smallest absolute Gasteiger partial charge is 0.255 e. The Hall–Kier alpha value is -2.87. The van der Waals surface area contributed by atoms with Crippen molar-refractivity contribution >= 4 is 23.6 Å². The summed E-state index contributed by atoms with van der Waals surface area (Å²) >= 11 is 1.55. The third-order valence-electron chi connectivity index (χ3n) is 5.00. The number of nitrogens with one attached hydrogen (secondary N) is 1. The lowest BCUT2D eigenvalue weighted by atomic mass is 10.1. The quantitative estimate of drug-likeness (QED) is 0.705. The number of carbonyl (C=O) groups is 2. The Balaban J connectivity index is 1.99. The van der Waals surface area contributed by atoms with E-state index >= 15 is 0 Å². The lowest BCUT2D eigenvalue weighted by Gasteiger charge is -2.30. The summed E-state index contributed by atoms with van der Waals surface area (Å²) in [6.07, 6.45) is 0. The van der Waals surface area contributed by atoms with Crippen LogP contribution in [0.1, 0.15) is 35.1 Å². The van der Waals surface area contributed by atoms with E-state index in [2.05, 4.69) is 5.32 Å². The first kappa shape index (κ1) is 22.8. The van der Waals surface area contributed by atoms with Crippen LogP contribution in [-0.2, 0) is 4.79 Å². The molecule has 7 nitrogen and oxygen atoms in total. The summed E-state index contributed by atoms with van der Waals surface area (Å²) in [6.45, 7) is 3.81. The van der Waals surface area contributed by atoms with Crippen molar-refractivity contribution in [3.63, 3.8) is 0 Å². The number of benzene rings is 2. The van der Waals surface area contributed by atoms with Crippen molar-refractivity contribution < 1.29 is 23.8 Å². The first-order valence-electron chi connectivity index (χ1n) is 10.00. The molecule has 0 radical (unpaired) electrons. The summed E-state index contributed by atoms with van der Waals surface area (Å²) in [7, 11) is 4.73. The van der Waals surface area contributed by atoms with Gasteiger partial charge in [0.25, 0.3) is 5.91 Å².